The zero-order valence-electron chi connectivity index (χ0n) is 12.0. The van der Waals surface area contributed by atoms with Gasteiger partial charge in [0.2, 0.25) is 0 Å². The summed E-state index contributed by atoms with van der Waals surface area (Å²) >= 11 is 1.69. The lowest BCUT2D eigenvalue weighted by Crippen LogP contribution is -2.02. The lowest BCUT2D eigenvalue weighted by atomic mass is 10.1. The number of thioether (sulfide) groups is 1. The summed E-state index contributed by atoms with van der Waals surface area (Å²) in [6, 6.07) is 9.53. The molecule has 0 amide bonds. The molecule has 1 aromatic carbocycles. The van der Waals surface area contributed by atoms with Crippen molar-refractivity contribution < 1.29 is 10.2 Å². The van der Waals surface area contributed by atoms with E-state index in [1.165, 1.54) is 5.56 Å². The number of pyridine rings is 1. The molecule has 0 saturated carbocycles. The highest BCUT2D eigenvalue weighted by Crippen LogP contribution is 2.20. The molecule has 0 atom stereocenters. The van der Waals surface area contributed by atoms with Crippen LogP contribution in [-0.4, -0.2) is 27.6 Å². The van der Waals surface area contributed by atoms with Crippen LogP contribution in [0.25, 0.3) is 0 Å². The zero-order valence-corrected chi connectivity index (χ0v) is 12.9. The van der Waals surface area contributed by atoms with Crippen molar-refractivity contribution in [1.82, 2.24) is 4.98 Å². The average molecular weight is 304 g/mol. The summed E-state index contributed by atoms with van der Waals surface area (Å²) in [6.07, 6.45) is 1.77. The monoisotopic (exact) mass is 304 g/mol. The zero-order chi connectivity index (χ0) is 15.1. The molecule has 1 heterocycles. The minimum Gasteiger partial charge on any atom is -0.508 e. The molecular weight excluding hydrogens is 284 g/mol. The van der Waals surface area contributed by atoms with Gasteiger partial charge in [0.05, 0.1) is 6.61 Å². The van der Waals surface area contributed by atoms with E-state index in [9.17, 15) is 5.11 Å². The Morgan fingerprint density at radius 1 is 1.24 bits per heavy atom. The van der Waals surface area contributed by atoms with E-state index < -0.39 is 0 Å². The maximum Gasteiger partial charge on any atom is 0.126 e. The highest BCUT2D eigenvalue weighted by atomic mass is 32.2. The van der Waals surface area contributed by atoms with Crippen molar-refractivity contribution >= 4 is 17.6 Å². The van der Waals surface area contributed by atoms with Gasteiger partial charge in [-0.3, -0.25) is 0 Å². The van der Waals surface area contributed by atoms with Crippen LogP contribution in [-0.2, 0) is 12.3 Å². The van der Waals surface area contributed by atoms with E-state index in [1.807, 2.05) is 31.2 Å². The summed E-state index contributed by atoms with van der Waals surface area (Å²) < 4.78 is 0. The summed E-state index contributed by atoms with van der Waals surface area (Å²) in [5.41, 5.74) is 3.14. The van der Waals surface area contributed by atoms with Crippen molar-refractivity contribution in [3.8, 4) is 5.75 Å². The maximum absolute atomic E-state index is 9.82. The van der Waals surface area contributed by atoms with E-state index in [0.29, 0.717) is 12.3 Å². The molecule has 2 aromatic rings. The Balaban J connectivity index is 1.96. The van der Waals surface area contributed by atoms with Crippen LogP contribution in [0.4, 0.5) is 5.82 Å². The van der Waals surface area contributed by atoms with Gasteiger partial charge < -0.3 is 15.5 Å². The third kappa shape index (κ3) is 4.95. The number of hydrogen-bond donors (Lipinski definition) is 3. The standard InChI is InChI=1S/C16H20N2O2S/c1-12-2-3-15(20)14(8-12)10-18-16-9-13(4-5-17-16)11-21-7-6-19/h2-5,8-9,19-20H,6-7,10-11H2,1H3,(H,17,18). The lowest BCUT2D eigenvalue weighted by molar-refractivity contribution is 0.322. The number of rotatable bonds is 7. The van der Waals surface area contributed by atoms with Gasteiger partial charge >= 0.3 is 0 Å². The topological polar surface area (TPSA) is 65.4 Å². The van der Waals surface area contributed by atoms with Crippen molar-refractivity contribution in [2.75, 3.05) is 17.7 Å². The first-order valence-corrected chi connectivity index (χ1v) is 8.00. The molecule has 0 saturated heterocycles. The normalized spacial score (nSPS) is 10.6. The van der Waals surface area contributed by atoms with Crippen LogP contribution in [0.2, 0.25) is 0 Å². The first kappa shape index (κ1) is 15.7. The molecule has 2 rings (SSSR count). The number of aromatic nitrogens is 1. The number of phenolic OH excluding ortho intramolecular Hbond substituents is 1. The Morgan fingerprint density at radius 2 is 2.10 bits per heavy atom. The van der Waals surface area contributed by atoms with Crippen LogP contribution >= 0.6 is 11.8 Å². The Kier molecular flexibility index (Phi) is 5.90. The molecule has 0 aliphatic heterocycles. The van der Waals surface area contributed by atoms with Crippen LogP contribution in [0.3, 0.4) is 0 Å². The molecule has 21 heavy (non-hydrogen) atoms. The highest BCUT2D eigenvalue weighted by molar-refractivity contribution is 7.98. The van der Waals surface area contributed by atoms with Gasteiger partial charge in [0.25, 0.3) is 0 Å². The van der Waals surface area contributed by atoms with Gasteiger partial charge in [0.1, 0.15) is 11.6 Å². The number of nitrogens with zero attached hydrogens (tertiary/aromatic N) is 1. The first-order valence-electron chi connectivity index (χ1n) is 6.85. The summed E-state index contributed by atoms with van der Waals surface area (Å²) in [4.78, 5) is 4.28. The molecule has 0 spiro atoms. The second kappa shape index (κ2) is 7.90. The summed E-state index contributed by atoms with van der Waals surface area (Å²) in [6.45, 7) is 2.74. The molecule has 0 fully saturated rings. The van der Waals surface area contributed by atoms with Crippen molar-refractivity contribution in [1.29, 1.82) is 0 Å². The van der Waals surface area contributed by atoms with Crippen molar-refractivity contribution in [3.63, 3.8) is 0 Å². The van der Waals surface area contributed by atoms with Gasteiger partial charge in [-0.1, -0.05) is 17.7 Å². The van der Waals surface area contributed by atoms with Gasteiger partial charge in [-0.25, -0.2) is 4.98 Å². The Hall–Kier alpha value is -1.72. The van der Waals surface area contributed by atoms with Crippen molar-refractivity contribution in [2.24, 2.45) is 0 Å². The van der Waals surface area contributed by atoms with Gasteiger partial charge in [-0.15, -0.1) is 0 Å². The number of nitrogens with one attached hydrogen (secondary N) is 1. The van der Waals surface area contributed by atoms with E-state index in [-0.39, 0.29) is 6.61 Å². The molecule has 1 aromatic heterocycles. The van der Waals surface area contributed by atoms with Crippen LogP contribution < -0.4 is 5.32 Å². The summed E-state index contributed by atoms with van der Waals surface area (Å²) in [7, 11) is 0. The molecule has 0 aliphatic carbocycles. The van der Waals surface area contributed by atoms with Crippen LogP contribution in [0.1, 0.15) is 16.7 Å². The van der Waals surface area contributed by atoms with E-state index in [4.69, 9.17) is 5.11 Å². The lowest BCUT2D eigenvalue weighted by Gasteiger charge is -2.09. The van der Waals surface area contributed by atoms with Gasteiger partial charge in [0, 0.05) is 29.8 Å². The quantitative estimate of drug-likeness (QED) is 0.686. The third-order valence-electron chi connectivity index (χ3n) is 3.02. The molecule has 0 bridgehead atoms. The van der Waals surface area contributed by atoms with E-state index in [2.05, 4.69) is 10.3 Å². The Morgan fingerprint density at radius 3 is 2.90 bits per heavy atom. The molecule has 5 heteroatoms. The van der Waals surface area contributed by atoms with Crippen LogP contribution in [0.5, 0.6) is 5.75 Å². The molecule has 0 aliphatic rings. The smallest absolute Gasteiger partial charge is 0.126 e. The van der Waals surface area contributed by atoms with E-state index >= 15 is 0 Å². The number of hydrogen-bond acceptors (Lipinski definition) is 5. The van der Waals surface area contributed by atoms with E-state index in [0.717, 1.165) is 28.5 Å². The Labute approximate surface area is 129 Å². The van der Waals surface area contributed by atoms with Crippen LogP contribution in [0, 0.1) is 6.92 Å². The number of aliphatic hydroxyl groups excluding tert-OH is 1. The minimum atomic E-state index is 0.202. The largest absolute Gasteiger partial charge is 0.508 e. The first-order chi connectivity index (χ1) is 10.2. The second-order valence-electron chi connectivity index (χ2n) is 4.81. The number of aromatic hydroxyl groups is 1. The van der Waals surface area contributed by atoms with Crippen LogP contribution in [0.15, 0.2) is 36.5 Å². The Bertz CT molecular complexity index is 590. The fourth-order valence-electron chi connectivity index (χ4n) is 1.96. The van der Waals surface area contributed by atoms with Gasteiger partial charge in [-0.2, -0.15) is 11.8 Å². The number of aryl methyl sites for hydroxylation is 1. The summed E-state index contributed by atoms with van der Waals surface area (Å²) in [5, 5.41) is 21.8. The van der Waals surface area contributed by atoms with Gasteiger partial charge in [0.15, 0.2) is 0 Å². The predicted octanol–water partition coefficient (Wildman–Crippen LogP) is 2.93. The third-order valence-corrected chi connectivity index (χ3v) is 4.03. The number of benzene rings is 1. The molecular formula is C16H20N2O2S. The fraction of sp³-hybridized carbons (Fsp3) is 0.312. The number of anilines is 1. The highest BCUT2D eigenvalue weighted by Gasteiger charge is 2.03. The molecule has 112 valence electrons. The fourth-order valence-corrected chi connectivity index (χ4v) is 2.65. The predicted molar refractivity (Wildman–Crippen MR) is 87.7 cm³/mol. The van der Waals surface area contributed by atoms with Crippen molar-refractivity contribution in [2.45, 2.75) is 19.2 Å². The molecule has 0 unspecified atom stereocenters. The molecule has 4 nitrogen and oxygen atoms in total. The SMILES string of the molecule is Cc1ccc(O)c(CNc2cc(CSCCO)ccn2)c1. The van der Waals surface area contributed by atoms with E-state index in [1.54, 1.807) is 24.0 Å². The minimum absolute atomic E-state index is 0.202. The number of phenols is 1. The van der Waals surface area contributed by atoms with Crippen molar-refractivity contribution in [3.05, 3.63) is 53.2 Å². The second-order valence-corrected chi connectivity index (χ2v) is 5.92. The summed E-state index contributed by atoms with van der Waals surface area (Å²) in [5.74, 6) is 2.68. The maximum atomic E-state index is 9.82. The molecule has 0 radical (unpaired) electrons. The average Bonchev–Trinajstić information content (AvgIpc) is 2.49. The van der Waals surface area contributed by atoms with Gasteiger partial charge in [-0.05, 0) is 30.7 Å². The molecule has 3 N–H and O–H groups in total. The number of aliphatic hydroxyl groups is 1.